The fourth-order valence-corrected chi connectivity index (χ4v) is 9.95. The van der Waals surface area contributed by atoms with E-state index in [1.54, 1.807) is 11.3 Å². The fraction of sp³-hybridized carbons (Fsp3) is 0.0455. The molecule has 2 nitrogen and oxygen atoms in total. The number of halogens is 1. The summed E-state index contributed by atoms with van der Waals surface area (Å²) in [5.74, 6) is 0.781. The number of rotatable bonds is 4. The van der Waals surface area contributed by atoms with E-state index in [-0.39, 0.29) is 6.04 Å². The smallest absolute Gasteiger partial charge is 0.156 e. The first kappa shape index (κ1) is 28.8. The van der Waals surface area contributed by atoms with Gasteiger partial charge in [0.25, 0.3) is 0 Å². The molecule has 1 aliphatic heterocycles. The van der Waals surface area contributed by atoms with Gasteiger partial charge in [0.05, 0.1) is 21.5 Å². The number of nitrogens with zero attached hydrogens (tertiary/aromatic N) is 2. The first-order chi connectivity index (χ1) is 24.2. The lowest BCUT2D eigenvalue weighted by Crippen LogP contribution is -2.17. The number of amidine groups is 1. The van der Waals surface area contributed by atoms with Crippen LogP contribution in [0.4, 0.5) is 0 Å². The van der Waals surface area contributed by atoms with E-state index < -0.39 is 0 Å². The van der Waals surface area contributed by atoms with E-state index in [9.17, 15) is 0 Å². The number of thiophene rings is 2. The van der Waals surface area contributed by atoms with E-state index in [2.05, 4.69) is 140 Å². The van der Waals surface area contributed by atoms with Crippen LogP contribution >= 0.6 is 34.3 Å². The molecule has 0 aliphatic carbocycles. The van der Waals surface area contributed by atoms with Crippen LogP contribution in [-0.4, -0.2) is 11.5 Å². The Hall–Kier alpha value is -5.13. The summed E-state index contributed by atoms with van der Waals surface area (Å²) in [5.41, 5.74) is 6.83. The average Bonchev–Trinajstić information content (AvgIpc) is 3.73. The summed E-state index contributed by atoms with van der Waals surface area (Å²) in [5, 5.41) is 8.15. The summed E-state index contributed by atoms with van der Waals surface area (Å²) in [6.45, 7) is 0. The van der Waals surface area contributed by atoms with Crippen LogP contribution in [0.1, 0.15) is 29.2 Å². The van der Waals surface area contributed by atoms with E-state index >= 15 is 0 Å². The van der Waals surface area contributed by atoms with Crippen molar-refractivity contribution in [3.63, 3.8) is 0 Å². The normalized spacial score (nSPS) is 15.0. The minimum Gasteiger partial charge on any atom is -0.258 e. The lowest BCUT2D eigenvalue weighted by atomic mass is 9.92. The standard InChI is InChI=1S/C44H27ClN2S2/c45-36-22-21-33(41-35-23-29-11-4-5-12-30(29)24-40(35)49-43(36)41)38-25-37(28-19-17-27(18-20-28)26-9-2-1-3-10-26)46-44(47-38)34-15-8-14-32-31-13-6-7-16-39(31)48-42(32)34/h1-24,37H,25H2/t37-/m1/s1. The van der Waals surface area contributed by atoms with E-state index in [4.69, 9.17) is 21.6 Å². The Morgan fingerprint density at radius 1 is 0.551 bits per heavy atom. The van der Waals surface area contributed by atoms with Gasteiger partial charge in [0, 0.05) is 53.2 Å². The molecule has 0 fully saturated rings. The summed E-state index contributed by atoms with van der Waals surface area (Å²) < 4.78 is 4.83. The minimum absolute atomic E-state index is 0.0894. The Kier molecular flexibility index (Phi) is 6.76. The molecule has 232 valence electrons. The third-order valence-electron chi connectivity index (χ3n) is 9.70. The second kappa shape index (κ2) is 11.5. The predicted octanol–water partition coefficient (Wildman–Crippen LogP) is 13.3. The minimum atomic E-state index is -0.0894. The summed E-state index contributed by atoms with van der Waals surface area (Å²) in [6, 6.07) is 51.9. The molecule has 0 radical (unpaired) electrons. The second-order valence-electron chi connectivity index (χ2n) is 12.6. The van der Waals surface area contributed by atoms with E-state index in [1.807, 2.05) is 17.4 Å². The first-order valence-corrected chi connectivity index (χ1v) is 18.4. The van der Waals surface area contributed by atoms with Crippen LogP contribution in [0.25, 0.3) is 62.2 Å². The number of hydrogen-bond donors (Lipinski definition) is 0. The van der Waals surface area contributed by atoms with Gasteiger partial charge in [-0.05, 0) is 57.8 Å². The van der Waals surface area contributed by atoms with Crippen molar-refractivity contribution in [1.29, 1.82) is 0 Å². The van der Waals surface area contributed by atoms with Crippen LogP contribution < -0.4 is 0 Å². The van der Waals surface area contributed by atoms with Crippen molar-refractivity contribution >= 4 is 96.9 Å². The summed E-state index contributed by atoms with van der Waals surface area (Å²) in [7, 11) is 0. The molecule has 0 spiro atoms. The molecule has 3 heterocycles. The fourth-order valence-electron chi connectivity index (χ4n) is 7.30. The van der Waals surface area contributed by atoms with Crippen LogP contribution in [0.2, 0.25) is 5.02 Å². The summed E-state index contributed by atoms with van der Waals surface area (Å²) in [6.07, 6.45) is 0.693. The Bertz CT molecular complexity index is 2810. The average molecular weight is 683 g/mol. The lowest BCUT2D eigenvalue weighted by molar-refractivity contribution is 0.754. The Morgan fingerprint density at radius 3 is 2.12 bits per heavy atom. The van der Waals surface area contributed by atoms with Gasteiger partial charge in [-0.1, -0.05) is 127 Å². The van der Waals surface area contributed by atoms with Crippen LogP contribution in [0.3, 0.4) is 0 Å². The molecule has 0 bridgehead atoms. The topological polar surface area (TPSA) is 24.7 Å². The monoisotopic (exact) mass is 682 g/mol. The molecule has 5 heteroatoms. The van der Waals surface area contributed by atoms with Gasteiger partial charge in [-0.15, -0.1) is 22.7 Å². The Labute approximate surface area is 296 Å². The van der Waals surface area contributed by atoms with E-state index in [0.29, 0.717) is 6.42 Å². The highest BCUT2D eigenvalue weighted by atomic mass is 35.5. The Morgan fingerprint density at radius 2 is 1.27 bits per heavy atom. The van der Waals surface area contributed by atoms with Gasteiger partial charge in [0.2, 0.25) is 0 Å². The molecule has 10 rings (SSSR count). The molecule has 0 saturated heterocycles. The van der Waals surface area contributed by atoms with Gasteiger partial charge < -0.3 is 0 Å². The van der Waals surface area contributed by atoms with Gasteiger partial charge >= 0.3 is 0 Å². The van der Waals surface area contributed by atoms with Crippen LogP contribution in [0.15, 0.2) is 156 Å². The molecule has 9 aromatic rings. The van der Waals surface area contributed by atoms with E-state index in [0.717, 1.165) is 32.4 Å². The molecule has 1 aliphatic rings. The molecule has 2 aromatic heterocycles. The highest BCUT2D eigenvalue weighted by molar-refractivity contribution is 7.26. The van der Waals surface area contributed by atoms with Gasteiger partial charge in [0.1, 0.15) is 0 Å². The van der Waals surface area contributed by atoms with E-state index in [1.165, 1.54) is 63.1 Å². The molecule has 0 amide bonds. The third-order valence-corrected chi connectivity index (χ3v) is 12.5. The largest absolute Gasteiger partial charge is 0.258 e. The zero-order chi connectivity index (χ0) is 32.5. The summed E-state index contributed by atoms with van der Waals surface area (Å²) in [4.78, 5) is 10.9. The van der Waals surface area contributed by atoms with Crippen LogP contribution in [0.5, 0.6) is 0 Å². The van der Waals surface area contributed by atoms with Crippen LogP contribution in [-0.2, 0) is 0 Å². The molecule has 0 unspecified atom stereocenters. The lowest BCUT2D eigenvalue weighted by Gasteiger charge is -2.22. The van der Waals surface area contributed by atoms with Crippen molar-refractivity contribution in [1.82, 2.24) is 0 Å². The van der Waals surface area contributed by atoms with Crippen molar-refractivity contribution in [2.45, 2.75) is 12.5 Å². The number of hydrogen-bond acceptors (Lipinski definition) is 4. The quantitative estimate of drug-likeness (QED) is 0.176. The molecule has 49 heavy (non-hydrogen) atoms. The summed E-state index contributed by atoms with van der Waals surface area (Å²) >= 11 is 10.5. The van der Waals surface area contributed by atoms with Gasteiger partial charge in [-0.3, -0.25) is 4.99 Å². The predicted molar refractivity (Wildman–Crippen MR) is 213 cm³/mol. The zero-order valence-electron chi connectivity index (χ0n) is 26.2. The zero-order valence-corrected chi connectivity index (χ0v) is 28.6. The maximum atomic E-state index is 6.94. The Balaban J connectivity index is 1.18. The number of fused-ring (bicyclic) bond motifs is 7. The van der Waals surface area contributed by atoms with Crippen molar-refractivity contribution in [3.05, 3.63) is 167 Å². The first-order valence-electron chi connectivity index (χ1n) is 16.4. The molecule has 0 saturated carbocycles. The van der Waals surface area contributed by atoms with Crippen molar-refractivity contribution < 1.29 is 0 Å². The number of benzene rings is 7. The second-order valence-corrected chi connectivity index (χ2v) is 15.1. The molecule has 0 N–H and O–H groups in total. The molecule has 7 aromatic carbocycles. The van der Waals surface area contributed by atoms with Crippen molar-refractivity contribution in [2.75, 3.05) is 0 Å². The third kappa shape index (κ3) is 4.82. The van der Waals surface area contributed by atoms with Crippen LogP contribution in [0, 0.1) is 0 Å². The van der Waals surface area contributed by atoms with Gasteiger partial charge in [-0.25, -0.2) is 4.99 Å². The van der Waals surface area contributed by atoms with Gasteiger partial charge in [-0.2, -0.15) is 0 Å². The maximum Gasteiger partial charge on any atom is 0.156 e. The molecule has 1 atom stereocenters. The van der Waals surface area contributed by atoms with Crippen molar-refractivity contribution in [3.8, 4) is 11.1 Å². The number of aliphatic imine (C=N–C) groups is 2. The molecular weight excluding hydrogens is 656 g/mol. The highest BCUT2D eigenvalue weighted by Crippen LogP contribution is 2.44. The SMILES string of the molecule is Clc1ccc(C2=NC(c3cccc4c3sc3ccccc34)=N[C@@H](c3ccc(-c4ccccc4)cc3)C2)c2c1sc1cc3ccccc3cc12. The maximum absolute atomic E-state index is 6.94. The van der Waals surface area contributed by atoms with Crippen molar-refractivity contribution in [2.24, 2.45) is 9.98 Å². The highest BCUT2D eigenvalue weighted by Gasteiger charge is 2.26. The van der Waals surface area contributed by atoms with Gasteiger partial charge in [0.15, 0.2) is 5.84 Å². The molecular formula is C44H27ClN2S2.